The topological polar surface area (TPSA) is 12.0 Å². The number of halogens is 1. The van der Waals surface area contributed by atoms with Crippen molar-refractivity contribution in [1.29, 1.82) is 0 Å². The Morgan fingerprint density at radius 1 is 1.29 bits per heavy atom. The van der Waals surface area contributed by atoms with Gasteiger partial charge in [0.25, 0.3) is 0 Å². The van der Waals surface area contributed by atoms with Crippen LogP contribution in [0.25, 0.3) is 0 Å². The minimum atomic E-state index is 0.800. The van der Waals surface area contributed by atoms with E-state index in [1.807, 2.05) is 0 Å². The van der Waals surface area contributed by atoms with Crippen LogP contribution in [-0.4, -0.2) is 6.54 Å². The summed E-state index contributed by atoms with van der Waals surface area (Å²) in [7, 11) is 0. The van der Waals surface area contributed by atoms with Gasteiger partial charge >= 0.3 is 0 Å². The van der Waals surface area contributed by atoms with Gasteiger partial charge in [-0.25, -0.2) is 0 Å². The Bertz CT molecular complexity index is 357. The van der Waals surface area contributed by atoms with Crippen molar-refractivity contribution in [3.05, 3.63) is 32.9 Å². The van der Waals surface area contributed by atoms with Gasteiger partial charge in [-0.3, -0.25) is 0 Å². The lowest BCUT2D eigenvalue weighted by Crippen LogP contribution is -2.29. The molecule has 1 heterocycles. The molecule has 1 aliphatic carbocycles. The van der Waals surface area contributed by atoms with E-state index in [-0.39, 0.29) is 0 Å². The molecule has 3 rings (SSSR count). The van der Waals surface area contributed by atoms with Crippen molar-refractivity contribution < 1.29 is 0 Å². The largest absolute Gasteiger partial charge is 0.312 e. The molecule has 0 saturated heterocycles. The number of benzene rings is 1. The number of hydrogen-bond donors (Lipinski definition) is 1. The SMILES string of the molecule is Ic1ccc2c(c1)C(C1CC1)CNC2. The number of hydrogen-bond acceptors (Lipinski definition) is 1. The molecule has 1 aromatic rings. The first kappa shape index (κ1) is 9.16. The standard InChI is InChI=1S/C12H14IN/c13-10-4-3-9-6-14-7-12(8-1-2-8)11(9)5-10/h3-5,8,12,14H,1-2,6-7H2. The van der Waals surface area contributed by atoms with Crippen LogP contribution in [0, 0.1) is 9.49 Å². The van der Waals surface area contributed by atoms with E-state index in [4.69, 9.17) is 0 Å². The molecule has 1 nitrogen and oxygen atoms in total. The van der Waals surface area contributed by atoms with Crippen LogP contribution in [0.1, 0.15) is 29.9 Å². The van der Waals surface area contributed by atoms with Crippen LogP contribution >= 0.6 is 22.6 Å². The lowest BCUT2D eigenvalue weighted by atomic mass is 9.87. The average Bonchev–Trinajstić information content (AvgIpc) is 3.00. The van der Waals surface area contributed by atoms with E-state index < -0.39 is 0 Å². The number of fused-ring (bicyclic) bond motifs is 1. The third-order valence-electron chi connectivity index (χ3n) is 3.38. The highest BCUT2D eigenvalue weighted by Crippen LogP contribution is 2.44. The quantitative estimate of drug-likeness (QED) is 0.786. The van der Waals surface area contributed by atoms with Crippen molar-refractivity contribution in [2.45, 2.75) is 25.3 Å². The highest BCUT2D eigenvalue weighted by atomic mass is 127. The second-order valence-electron chi connectivity index (χ2n) is 4.42. The zero-order chi connectivity index (χ0) is 9.54. The summed E-state index contributed by atoms with van der Waals surface area (Å²) in [6.07, 6.45) is 2.88. The zero-order valence-corrected chi connectivity index (χ0v) is 10.3. The van der Waals surface area contributed by atoms with Crippen LogP contribution < -0.4 is 5.32 Å². The maximum Gasteiger partial charge on any atom is 0.0208 e. The lowest BCUT2D eigenvalue weighted by Gasteiger charge is -2.26. The van der Waals surface area contributed by atoms with E-state index in [1.165, 1.54) is 28.5 Å². The van der Waals surface area contributed by atoms with Crippen molar-refractivity contribution in [2.75, 3.05) is 6.54 Å². The van der Waals surface area contributed by atoms with Gasteiger partial charge < -0.3 is 5.32 Å². The summed E-state index contributed by atoms with van der Waals surface area (Å²) in [5.74, 6) is 1.77. The van der Waals surface area contributed by atoms with Gasteiger partial charge in [0.1, 0.15) is 0 Å². The highest BCUT2D eigenvalue weighted by molar-refractivity contribution is 14.1. The van der Waals surface area contributed by atoms with Crippen molar-refractivity contribution in [3.8, 4) is 0 Å². The number of rotatable bonds is 1. The van der Waals surface area contributed by atoms with Gasteiger partial charge in [-0.15, -0.1) is 0 Å². The van der Waals surface area contributed by atoms with E-state index in [0.29, 0.717) is 0 Å². The van der Waals surface area contributed by atoms with Crippen LogP contribution in [0.4, 0.5) is 0 Å². The summed E-state index contributed by atoms with van der Waals surface area (Å²) in [5.41, 5.74) is 3.15. The van der Waals surface area contributed by atoms with E-state index >= 15 is 0 Å². The van der Waals surface area contributed by atoms with Crippen LogP contribution in [0.15, 0.2) is 18.2 Å². The Kier molecular flexibility index (Phi) is 2.28. The molecule has 1 unspecified atom stereocenters. The molecule has 1 N–H and O–H groups in total. The van der Waals surface area contributed by atoms with E-state index in [1.54, 1.807) is 5.56 Å². The zero-order valence-electron chi connectivity index (χ0n) is 8.09. The lowest BCUT2D eigenvalue weighted by molar-refractivity contribution is 0.499. The third kappa shape index (κ3) is 1.58. The molecule has 2 heteroatoms. The molecule has 2 aliphatic rings. The monoisotopic (exact) mass is 299 g/mol. The molecule has 0 aromatic heterocycles. The fourth-order valence-electron chi connectivity index (χ4n) is 2.46. The van der Waals surface area contributed by atoms with Gasteiger partial charge in [-0.1, -0.05) is 6.07 Å². The first-order valence-electron chi connectivity index (χ1n) is 5.33. The highest BCUT2D eigenvalue weighted by Gasteiger charge is 2.34. The Hall–Kier alpha value is -0.0900. The Morgan fingerprint density at radius 3 is 2.93 bits per heavy atom. The van der Waals surface area contributed by atoms with Gasteiger partial charge in [0.2, 0.25) is 0 Å². The van der Waals surface area contributed by atoms with Gasteiger partial charge in [-0.2, -0.15) is 0 Å². The Morgan fingerprint density at radius 2 is 2.14 bits per heavy atom. The fraction of sp³-hybridized carbons (Fsp3) is 0.500. The van der Waals surface area contributed by atoms with Crippen LogP contribution in [0.3, 0.4) is 0 Å². The van der Waals surface area contributed by atoms with Crippen LogP contribution in [-0.2, 0) is 6.54 Å². The Labute approximate surface area is 98.4 Å². The molecule has 1 fully saturated rings. The van der Waals surface area contributed by atoms with E-state index in [2.05, 4.69) is 46.1 Å². The van der Waals surface area contributed by atoms with Crippen LogP contribution in [0.5, 0.6) is 0 Å². The third-order valence-corrected chi connectivity index (χ3v) is 4.05. The predicted molar refractivity (Wildman–Crippen MR) is 66.3 cm³/mol. The molecule has 1 atom stereocenters. The normalized spacial score (nSPS) is 25.9. The van der Waals surface area contributed by atoms with E-state index in [0.717, 1.165) is 18.4 Å². The molecular weight excluding hydrogens is 285 g/mol. The molecule has 1 aromatic carbocycles. The summed E-state index contributed by atoms with van der Waals surface area (Å²) in [6.45, 7) is 2.26. The average molecular weight is 299 g/mol. The second kappa shape index (κ2) is 3.49. The molecular formula is C12H14IN. The summed E-state index contributed by atoms with van der Waals surface area (Å²) < 4.78 is 1.38. The van der Waals surface area contributed by atoms with Crippen molar-refractivity contribution >= 4 is 22.6 Å². The summed E-state index contributed by atoms with van der Waals surface area (Å²) in [6, 6.07) is 6.90. The minimum Gasteiger partial charge on any atom is -0.312 e. The predicted octanol–water partition coefficient (Wildman–Crippen LogP) is 2.89. The van der Waals surface area contributed by atoms with Gasteiger partial charge in [0.15, 0.2) is 0 Å². The minimum absolute atomic E-state index is 0.800. The van der Waals surface area contributed by atoms with Crippen molar-refractivity contribution in [2.24, 2.45) is 5.92 Å². The maximum absolute atomic E-state index is 3.53. The molecule has 1 saturated carbocycles. The molecule has 0 amide bonds. The first-order chi connectivity index (χ1) is 6.84. The molecule has 0 bridgehead atoms. The van der Waals surface area contributed by atoms with Gasteiger partial charge in [0, 0.05) is 16.7 Å². The molecule has 0 spiro atoms. The summed E-state index contributed by atoms with van der Waals surface area (Å²) in [4.78, 5) is 0. The Balaban J connectivity index is 2.02. The fourth-order valence-corrected chi connectivity index (χ4v) is 2.98. The van der Waals surface area contributed by atoms with Gasteiger partial charge in [0.05, 0.1) is 0 Å². The second-order valence-corrected chi connectivity index (χ2v) is 5.66. The van der Waals surface area contributed by atoms with Crippen molar-refractivity contribution in [1.82, 2.24) is 5.32 Å². The maximum atomic E-state index is 3.53. The molecule has 14 heavy (non-hydrogen) atoms. The summed E-state index contributed by atoms with van der Waals surface area (Å²) >= 11 is 2.42. The van der Waals surface area contributed by atoms with Crippen molar-refractivity contribution in [3.63, 3.8) is 0 Å². The molecule has 0 radical (unpaired) electrons. The number of nitrogens with one attached hydrogen (secondary N) is 1. The first-order valence-corrected chi connectivity index (χ1v) is 6.41. The van der Waals surface area contributed by atoms with Gasteiger partial charge in [-0.05, 0) is 70.5 Å². The molecule has 1 aliphatic heterocycles. The molecule has 74 valence electrons. The summed E-state index contributed by atoms with van der Waals surface area (Å²) in [5, 5.41) is 3.53. The smallest absolute Gasteiger partial charge is 0.0208 e. The van der Waals surface area contributed by atoms with E-state index in [9.17, 15) is 0 Å². The van der Waals surface area contributed by atoms with Crippen LogP contribution in [0.2, 0.25) is 0 Å².